The monoisotopic (exact) mass is 280 g/mol. The van der Waals surface area contributed by atoms with Crippen LogP contribution in [0, 0.1) is 5.92 Å². The Morgan fingerprint density at radius 1 is 1.47 bits per heavy atom. The summed E-state index contributed by atoms with van der Waals surface area (Å²) in [6, 6.07) is 3.42. The minimum Gasteiger partial charge on any atom is -0.476 e. The summed E-state index contributed by atoms with van der Waals surface area (Å²) in [4.78, 5) is 15.8. The lowest BCUT2D eigenvalue weighted by atomic mass is 9.94. The van der Waals surface area contributed by atoms with E-state index in [2.05, 4.69) is 22.5 Å². The van der Waals surface area contributed by atoms with Crippen molar-refractivity contribution in [2.24, 2.45) is 5.92 Å². The largest absolute Gasteiger partial charge is 0.476 e. The normalized spacial score (nSPS) is 18.1. The molecule has 0 aromatic carbocycles. The van der Waals surface area contributed by atoms with Crippen LogP contribution in [0.3, 0.4) is 0 Å². The molecule has 0 fully saturated rings. The molecule has 1 aliphatic rings. The second-order valence-electron chi connectivity index (χ2n) is 4.44. The van der Waals surface area contributed by atoms with Crippen molar-refractivity contribution in [2.75, 3.05) is 13.2 Å². The van der Waals surface area contributed by atoms with Crippen LogP contribution in [0.5, 0.6) is 5.88 Å². The van der Waals surface area contributed by atoms with Crippen LogP contribution in [-0.4, -0.2) is 24.0 Å². The Kier molecular flexibility index (Phi) is 5.21. The zero-order valence-electron chi connectivity index (χ0n) is 10.6. The molecule has 0 spiro atoms. The second kappa shape index (κ2) is 7.14. The predicted molar refractivity (Wildman–Crippen MR) is 74.2 cm³/mol. The second-order valence-corrected chi connectivity index (χ2v) is 4.87. The van der Waals surface area contributed by atoms with Gasteiger partial charge in [0.15, 0.2) is 0 Å². The summed E-state index contributed by atoms with van der Waals surface area (Å²) in [7, 11) is 0. The van der Waals surface area contributed by atoms with Gasteiger partial charge in [0.1, 0.15) is 6.61 Å². The van der Waals surface area contributed by atoms with E-state index in [0.29, 0.717) is 24.1 Å². The molecule has 5 heteroatoms. The van der Waals surface area contributed by atoms with Crippen LogP contribution < -0.4 is 10.1 Å². The minimum absolute atomic E-state index is 0.108. The first-order valence-corrected chi connectivity index (χ1v) is 6.80. The van der Waals surface area contributed by atoms with E-state index < -0.39 is 0 Å². The van der Waals surface area contributed by atoms with Crippen LogP contribution in [0.2, 0.25) is 5.02 Å². The van der Waals surface area contributed by atoms with Gasteiger partial charge in [-0.2, -0.15) is 0 Å². The van der Waals surface area contributed by atoms with E-state index in [-0.39, 0.29) is 11.8 Å². The number of aromatic nitrogens is 1. The summed E-state index contributed by atoms with van der Waals surface area (Å²) in [6.07, 6.45) is 8.49. The fourth-order valence-electron chi connectivity index (χ4n) is 1.95. The third-order valence-corrected chi connectivity index (χ3v) is 3.21. The lowest BCUT2D eigenvalue weighted by Crippen LogP contribution is -2.34. The molecule has 0 aliphatic heterocycles. The van der Waals surface area contributed by atoms with Crippen LogP contribution >= 0.6 is 11.6 Å². The highest BCUT2D eigenvalue weighted by atomic mass is 35.5. The summed E-state index contributed by atoms with van der Waals surface area (Å²) in [5.41, 5.74) is 0. The maximum atomic E-state index is 11.8. The minimum atomic E-state index is 0.108. The van der Waals surface area contributed by atoms with E-state index in [0.717, 1.165) is 19.3 Å². The molecule has 2 rings (SSSR count). The summed E-state index contributed by atoms with van der Waals surface area (Å²) in [5.74, 6) is 0.731. The average molecular weight is 281 g/mol. The van der Waals surface area contributed by atoms with E-state index in [1.807, 2.05) is 0 Å². The highest BCUT2D eigenvalue weighted by Gasteiger charge is 2.17. The molecular weight excluding hydrogens is 264 g/mol. The predicted octanol–water partition coefficient (Wildman–Crippen LogP) is 2.59. The van der Waals surface area contributed by atoms with Gasteiger partial charge in [0.05, 0.1) is 11.6 Å². The molecule has 1 amide bonds. The number of allylic oxidation sites excluding steroid dienone is 2. The van der Waals surface area contributed by atoms with Crippen LogP contribution in [0.25, 0.3) is 0 Å². The number of ether oxygens (including phenoxy) is 1. The van der Waals surface area contributed by atoms with Gasteiger partial charge < -0.3 is 10.1 Å². The van der Waals surface area contributed by atoms with Crippen molar-refractivity contribution in [1.29, 1.82) is 0 Å². The van der Waals surface area contributed by atoms with Gasteiger partial charge in [0.2, 0.25) is 11.8 Å². The lowest BCUT2D eigenvalue weighted by Gasteiger charge is -2.17. The molecule has 19 heavy (non-hydrogen) atoms. The Balaban J connectivity index is 1.65. The highest BCUT2D eigenvalue weighted by Crippen LogP contribution is 2.17. The summed E-state index contributed by atoms with van der Waals surface area (Å²) in [6.45, 7) is 0.895. The van der Waals surface area contributed by atoms with Crippen molar-refractivity contribution in [1.82, 2.24) is 10.3 Å². The van der Waals surface area contributed by atoms with Gasteiger partial charge in [0, 0.05) is 18.2 Å². The zero-order valence-corrected chi connectivity index (χ0v) is 11.4. The zero-order chi connectivity index (χ0) is 13.5. The van der Waals surface area contributed by atoms with Crippen LogP contribution in [0.15, 0.2) is 30.5 Å². The van der Waals surface area contributed by atoms with Gasteiger partial charge >= 0.3 is 0 Å². The number of nitrogens with zero attached hydrogens (tertiary/aromatic N) is 1. The van der Waals surface area contributed by atoms with Crippen molar-refractivity contribution in [3.8, 4) is 5.88 Å². The van der Waals surface area contributed by atoms with E-state index in [1.54, 1.807) is 12.1 Å². The first kappa shape index (κ1) is 13.9. The highest BCUT2D eigenvalue weighted by molar-refractivity contribution is 6.30. The molecule has 1 aromatic rings. The van der Waals surface area contributed by atoms with Crippen LogP contribution in [0.1, 0.15) is 19.3 Å². The average Bonchev–Trinajstić information content (AvgIpc) is 2.46. The molecule has 1 atom stereocenters. The van der Waals surface area contributed by atoms with Crippen LogP contribution in [0.4, 0.5) is 0 Å². The number of hydrogen-bond acceptors (Lipinski definition) is 3. The molecule has 4 nitrogen and oxygen atoms in total. The van der Waals surface area contributed by atoms with E-state index >= 15 is 0 Å². The molecule has 0 bridgehead atoms. The van der Waals surface area contributed by atoms with E-state index in [9.17, 15) is 4.79 Å². The number of nitrogens with one attached hydrogen (secondary N) is 1. The maximum absolute atomic E-state index is 11.8. The summed E-state index contributed by atoms with van der Waals surface area (Å²) < 4.78 is 5.40. The summed E-state index contributed by atoms with van der Waals surface area (Å²) in [5, 5.41) is 3.46. The molecule has 0 saturated heterocycles. The van der Waals surface area contributed by atoms with E-state index in [4.69, 9.17) is 16.3 Å². The maximum Gasteiger partial charge on any atom is 0.223 e. The molecule has 1 aromatic heterocycles. The topological polar surface area (TPSA) is 51.2 Å². The Bertz CT molecular complexity index is 445. The molecule has 102 valence electrons. The van der Waals surface area contributed by atoms with Crippen molar-refractivity contribution < 1.29 is 9.53 Å². The summed E-state index contributed by atoms with van der Waals surface area (Å²) >= 11 is 5.72. The van der Waals surface area contributed by atoms with Gasteiger partial charge in [-0.05, 0) is 25.3 Å². The molecule has 0 radical (unpaired) electrons. The quantitative estimate of drug-likeness (QED) is 0.666. The van der Waals surface area contributed by atoms with Gasteiger partial charge in [-0.3, -0.25) is 4.79 Å². The molecule has 0 saturated carbocycles. The third-order valence-electron chi connectivity index (χ3n) is 2.99. The first-order chi connectivity index (χ1) is 9.25. The Hall–Kier alpha value is -1.55. The number of rotatable bonds is 5. The first-order valence-electron chi connectivity index (χ1n) is 6.43. The molecule has 0 unspecified atom stereocenters. The fraction of sp³-hybridized carbons (Fsp3) is 0.429. The standard InChI is InChI=1S/C14H17ClN2O2/c15-12-6-7-13(17-10-12)19-9-8-16-14(18)11-4-2-1-3-5-11/h1-2,6-7,10-11H,3-5,8-9H2,(H,16,18)/t11-/m1/s1. The SMILES string of the molecule is O=C(NCCOc1ccc(Cl)cn1)[C@@H]1CC=CCC1. The van der Waals surface area contributed by atoms with Gasteiger partial charge in [-0.25, -0.2) is 4.98 Å². The van der Waals surface area contributed by atoms with Gasteiger partial charge in [-0.1, -0.05) is 23.8 Å². The number of pyridine rings is 1. The van der Waals surface area contributed by atoms with Crippen molar-refractivity contribution in [2.45, 2.75) is 19.3 Å². The molecule has 1 heterocycles. The van der Waals surface area contributed by atoms with Crippen molar-refractivity contribution >= 4 is 17.5 Å². The number of amides is 1. The number of hydrogen-bond donors (Lipinski definition) is 1. The lowest BCUT2D eigenvalue weighted by molar-refractivity contribution is -0.125. The Labute approximate surface area is 117 Å². The smallest absolute Gasteiger partial charge is 0.223 e. The third kappa shape index (κ3) is 4.56. The Morgan fingerprint density at radius 2 is 2.37 bits per heavy atom. The van der Waals surface area contributed by atoms with E-state index in [1.165, 1.54) is 6.20 Å². The number of halogens is 1. The Morgan fingerprint density at radius 3 is 3.05 bits per heavy atom. The molecule has 1 N–H and O–H groups in total. The van der Waals surface area contributed by atoms with Crippen LogP contribution in [-0.2, 0) is 4.79 Å². The fourth-order valence-corrected chi connectivity index (χ4v) is 2.07. The van der Waals surface area contributed by atoms with Crippen molar-refractivity contribution in [3.05, 3.63) is 35.5 Å². The van der Waals surface area contributed by atoms with Crippen molar-refractivity contribution in [3.63, 3.8) is 0 Å². The van der Waals surface area contributed by atoms with Gasteiger partial charge in [0.25, 0.3) is 0 Å². The molecular formula is C14H17ClN2O2. The van der Waals surface area contributed by atoms with Gasteiger partial charge in [-0.15, -0.1) is 0 Å². The molecule has 1 aliphatic carbocycles. The number of carbonyl (C=O) groups excluding carboxylic acids is 1. The number of carbonyl (C=O) groups is 1.